The van der Waals surface area contributed by atoms with Crippen LogP contribution in [0.4, 0.5) is 5.69 Å². The number of carbonyl (C=O) groups is 1. The first-order valence-corrected chi connectivity index (χ1v) is 6.07. The Bertz CT molecular complexity index is 462. The number of carbonyl (C=O) groups excluding carboxylic acids is 1. The molecule has 0 bridgehead atoms. The van der Waals surface area contributed by atoms with Crippen molar-refractivity contribution >= 4 is 11.6 Å². The molecular formula is C14H16N2O2. The van der Waals surface area contributed by atoms with Crippen molar-refractivity contribution in [2.45, 2.75) is 25.9 Å². The number of amides is 1. The second-order valence-electron chi connectivity index (χ2n) is 4.60. The van der Waals surface area contributed by atoms with E-state index in [1.807, 2.05) is 31.2 Å². The summed E-state index contributed by atoms with van der Waals surface area (Å²) in [6.45, 7) is 2.48. The van der Waals surface area contributed by atoms with Crippen LogP contribution in [0.1, 0.15) is 18.9 Å². The number of anilines is 1. The van der Waals surface area contributed by atoms with E-state index in [-0.39, 0.29) is 17.9 Å². The van der Waals surface area contributed by atoms with Gasteiger partial charge >= 0.3 is 0 Å². The predicted molar refractivity (Wildman–Crippen MR) is 67.9 cm³/mol. The third kappa shape index (κ3) is 3.08. The Kier molecular flexibility index (Phi) is 3.96. The fraction of sp³-hybridized carbons (Fsp3) is 0.429. The number of rotatable bonds is 3. The van der Waals surface area contributed by atoms with Gasteiger partial charge in [0.05, 0.1) is 31.1 Å². The van der Waals surface area contributed by atoms with Crippen LogP contribution in [-0.4, -0.2) is 18.6 Å². The Morgan fingerprint density at radius 3 is 2.78 bits per heavy atom. The molecule has 1 aromatic rings. The van der Waals surface area contributed by atoms with Crippen LogP contribution in [0.15, 0.2) is 24.3 Å². The number of nitrogens with zero attached hydrogens (tertiary/aromatic N) is 1. The molecule has 1 aromatic carbocycles. The molecule has 1 aliphatic rings. The first kappa shape index (κ1) is 12.6. The normalized spacial score (nSPS) is 22.4. The monoisotopic (exact) mass is 244 g/mol. The minimum atomic E-state index is -0.0567. The molecular weight excluding hydrogens is 228 g/mol. The molecule has 0 aromatic heterocycles. The minimum Gasteiger partial charge on any atom is -0.378 e. The number of ether oxygens (including phenoxy) is 1. The van der Waals surface area contributed by atoms with Gasteiger partial charge in [-0.25, -0.2) is 0 Å². The van der Waals surface area contributed by atoms with Crippen LogP contribution in [-0.2, 0) is 16.0 Å². The zero-order valence-corrected chi connectivity index (χ0v) is 10.3. The summed E-state index contributed by atoms with van der Waals surface area (Å²) < 4.78 is 5.38. The van der Waals surface area contributed by atoms with Gasteiger partial charge < -0.3 is 10.1 Å². The van der Waals surface area contributed by atoms with Crippen LogP contribution < -0.4 is 5.32 Å². The summed E-state index contributed by atoms with van der Waals surface area (Å²) in [5, 5.41) is 11.4. The maximum absolute atomic E-state index is 11.9. The topological polar surface area (TPSA) is 62.1 Å². The molecule has 1 saturated heterocycles. The molecule has 1 N–H and O–H groups in total. The maximum atomic E-state index is 11.9. The van der Waals surface area contributed by atoms with Crippen molar-refractivity contribution < 1.29 is 9.53 Å². The fourth-order valence-corrected chi connectivity index (χ4v) is 2.04. The van der Waals surface area contributed by atoms with Gasteiger partial charge in [0.2, 0.25) is 5.91 Å². The van der Waals surface area contributed by atoms with Crippen molar-refractivity contribution in [3.05, 3.63) is 29.8 Å². The molecule has 4 heteroatoms. The zero-order valence-electron chi connectivity index (χ0n) is 10.3. The lowest BCUT2D eigenvalue weighted by Gasteiger charge is -2.09. The van der Waals surface area contributed by atoms with Gasteiger partial charge in [0.15, 0.2) is 0 Å². The van der Waals surface area contributed by atoms with Gasteiger partial charge in [0, 0.05) is 5.69 Å². The molecule has 0 aliphatic carbocycles. The van der Waals surface area contributed by atoms with Crippen molar-refractivity contribution in [2.24, 2.45) is 5.92 Å². The van der Waals surface area contributed by atoms with E-state index in [1.54, 1.807) is 0 Å². The fourth-order valence-electron chi connectivity index (χ4n) is 2.04. The molecule has 2 rings (SSSR count). The molecule has 1 fully saturated rings. The quantitative estimate of drug-likeness (QED) is 0.885. The number of nitriles is 1. The highest BCUT2D eigenvalue weighted by atomic mass is 16.5. The predicted octanol–water partition coefficient (Wildman–Crippen LogP) is 2.12. The number of benzene rings is 1. The molecule has 1 heterocycles. The number of nitrogens with one attached hydrogen (secondary N) is 1. The lowest BCUT2D eigenvalue weighted by atomic mass is 10.1. The Labute approximate surface area is 107 Å². The van der Waals surface area contributed by atoms with Crippen LogP contribution in [0.5, 0.6) is 0 Å². The molecule has 0 saturated carbocycles. The van der Waals surface area contributed by atoms with Crippen LogP contribution >= 0.6 is 0 Å². The van der Waals surface area contributed by atoms with Gasteiger partial charge in [-0.2, -0.15) is 5.26 Å². The van der Waals surface area contributed by atoms with Gasteiger partial charge in [0.25, 0.3) is 0 Å². The van der Waals surface area contributed by atoms with Crippen LogP contribution in [0.25, 0.3) is 0 Å². The Morgan fingerprint density at radius 1 is 1.50 bits per heavy atom. The van der Waals surface area contributed by atoms with Crippen LogP contribution in [0, 0.1) is 17.2 Å². The number of hydrogen-bond donors (Lipinski definition) is 1. The third-order valence-corrected chi connectivity index (χ3v) is 3.07. The average molecular weight is 244 g/mol. The lowest BCUT2D eigenvalue weighted by molar-refractivity contribution is -0.119. The summed E-state index contributed by atoms with van der Waals surface area (Å²) >= 11 is 0. The Morgan fingerprint density at radius 2 is 2.22 bits per heavy atom. The summed E-state index contributed by atoms with van der Waals surface area (Å²) in [7, 11) is 0. The van der Waals surface area contributed by atoms with Crippen molar-refractivity contribution in [3.8, 4) is 6.07 Å². The highest BCUT2D eigenvalue weighted by Gasteiger charge is 2.28. The first-order chi connectivity index (χ1) is 8.69. The molecule has 94 valence electrons. The number of hydrogen-bond acceptors (Lipinski definition) is 3. The van der Waals surface area contributed by atoms with Crippen molar-refractivity contribution in [1.29, 1.82) is 5.26 Å². The Balaban J connectivity index is 1.93. The van der Waals surface area contributed by atoms with Crippen LogP contribution in [0.2, 0.25) is 0 Å². The Hall–Kier alpha value is -1.86. The van der Waals surface area contributed by atoms with E-state index in [9.17, 15) is 4.79 Å². The summed E-state index contributed by atoms with van der Waals surface area (Å²) in [6.07, 6.45) is 1.33. The molecule has 0 radical (unpaired) electrons. The summed E-state index contributed by atoms with van der Waals surface area (Å²) in [5.41, 5.74) is 1.72. The molecule has 0 spiro atoms. The summed E-state index contributed by atoms with van der Waals surface area (Å²) in [6, 6.07) is 9.44. The zero-order chi connectivity index (χ0) is 13.0. The molecule has 18 heavy (non-hydrogen) atoms. The third-order valence-electron chi connectivity index (χ3n) is 3.07. The summed E-state index contributed by atoms with van der Waals surface area (Å²) in [5.74, 6) is -0.0498. The highest BCUT2D eigenvalue weighted by Crippen LogP contribution is 2.21. The van der Waals surface area contributed by atoms with Crippen molar-refractivity contribution in [3.63, 3.8) is 0 Å². The SMILES string of the molecule is CC1CC(C(=O)Nc2ccc(CC#N)cc2)CO1. The van der Waals surface area contributed by atoms with Gasteiger partial charge in [-0.05, 0) is 31.0 Å². The smallest absolute Gasteiger partial charge is 0.229 e. The molecule has 2 atom stereocenters. The molecule has 1 aliphatic heterocycles. The van der Waals surface area contributed by atoms with E-state index < -0.39 is 0 Å². The largest absolute Gasteiger partial charge is 0.378 e. The van der Waals surface area contributed by atoms with E-state index in [1.165, 1.54) is 0 Å². The molecule has 4 nitrogen and oxygen atoms in total. The second-order valence-corrected chi connectivity index (χ2v) is 4.60. The van der Waals surface area contributed by atoms with E-state index in [0.29, 0.717) is 13.0 Å². The van der Waals surface area contributed by atoms with Crippen molar-refractivity contribution in [1.82, 2.24) is 0 Å². The first-order valence-electron chi connectivity index (χ1n) is 6.07. The van der Waals surface area contributed by atoms with Gasteiger partial charge in [-0.1, -0.05) is 12.1 Å². The van der Waals surface area contributed by atoms with Crippen LogP contribution in [0.3, 0.4) is 0 Å². The van der Waals surface area contributed by atoms with E-state index in [2.05, 4.69) is 11.4 Å². The van der Waals surface area contributed by atoms with Gasteiger partial charge in [0.1, 0.15) is 0 Å². The molecule has 2 unspecified atom stereocenters. The maximum Gasteiger partial charge on any atom is 0.229 e. The van der Waals surface area contributed by atoms with E-state index >= 15 is 0 Å². The van der Waals surface area contributed by atoms with Crippen molar-refractivity contribution in [2.75, 3.05) is 11.9 Å². The van der Waals surface area contributed by atoms with Gasteiger partial charge in [-0.15, -0.1) is 0 Å². The second kappa shape index (κ2) is 5.65. The average Bonchev–Trinajstić information content (AvgIpc) is 2.79. The van der Waals surface area contributed by atoms with Gasteiger partial charge in [-0.3, -0.25) is 4.79 Å². The van der Waals surface area contributed by atoms with E-state index in [0.717, 1.165) is 17.7 Å². The lowest BCUT2D eigenvalue weighted by Crippen LogP contribution is -2.22. The highest BCUT2D eigenvalue weighted by molar-refractivity contribution is 5.92. The minimum absolute atomic E-state index is 0.00684. The standard InChI is InChI=1S/C14H16N2O2/c1-10-8-12(9-18-10)14(17)16-13-4-2-11(3-5-13)6-7-15/h2-5,10,12H,6,8-9H2,1H3,(H,16,17). The van der Waals surface area contributed by atoms with E-state index in [4.69, 9.17) is 10.00 Å². The molecule has 1 amide bonds. The summed E-state index contributed by atoms with van der Waals surface area (Å²) in [4.78, 5) is 11.9.